The molecule has 1 aromatic rings. The van der Waals surface area contributed by atoms with E-state index in [4.69, 9.17) is 21.0 Å². The lowest BCUT2D eigenvalue weighted by molar-refractivity contribution is 0.397. The molecule has 0 unspecified atom stereocenters. The van der Waals surface area contributed by atoms with E-state index >= 15 is 0 Å². The van der Waals surface area contributed by atoms with Crippen molar-refractivity contribution >= 4 is 5.69 Å². The molecule has 0 atom stereocenters. The smallest absolute Gasteiger partial charge is 0.233 e. The number of aromatic nitrogens is 1. The molecule has 5 nitrogen and oxygen atoms in total. The van der Waals surface area contributed by atoms with Gasteiger partial charge in [0.15, 0.2) is 0 Å². The van der Waals surface area contributed by atoms with E-state index in [1.54, 1.807) is 0 Å². The first kappa shape index (κ1) is 8.82. The number of nitrogens with two attached hydrogens (primary N) is 1. The number of pyridine rings is 1. The molecule has 0 saturated heterocycles. The minimum absolute atomic E-state index is 0.0987. The zero-order valence-corrected chi connectivity index (χ0v) is 6.90. The average molecular weight is 174 g/mol. The maximum atomic E-state index is 8.69. The van der Waals surface area contributed by atoms with Gasteiger partial charge in [-0.1, -0.05) is 0 Å². The van der Waals surface area contributed by atoms with E-state index in [0.29, 0.717) is 0 Å². The minimum Gasteiger partial charge on any atom is -0.480 e. The lowest BCUT2D eigenvalue weighted by atomic mass is 10.1. The third kappa shape index (κ3) is 1.35. The van der Waals surface area contributed by atoms with Crippen molar-refractivity contribution in [3.63, 3.8) is 0 Å². The fraction of sp³-hybridized carbons (Fsp3) is 0.125. The minimum atomic E-state index is 0.0987. The van der Waals surface area contributed by atoms with E-state index in [9.17, 15) is 0 Å². The number of nitriles is 2. The van der Waals surface area contributed by atoms with Crippen LogP contribution in [0.4, 0.5) is 5.69 Å². The molecule has 0 spiro atoms. The first-order chi connectivity index (χ1) is 6.24. The Morgan fingerprint density at radius 1 is 1.46 bits per heavy atom. The number of hydrogen-bond acceptors (Lipinski definition) is 5. The Balaban J connectivity index is 3.45. The summed E-state index contributed by atoms with van der Waals surface area (Å²) in [4.78, 5) is 3.75. The third-order valence-electron chi connectivity index (χ3n) is 1.51. The Morgan fingerprint density at radius 2 is 2.15 bits per heavy atom. The highest BCUT2D eigenvalue weighted by Gasteiger charge is 2.11. The van der Waals surface area contributed by atoms with Crippen LogP contribution in [0.1, 0.15) is 11.1 Å². The summed E-state index contributed by atoms with van der Waals surface area (Å²) in [5.74, 6) is 0.138. The van der Waals surface area contributed by atoms with Crippen molar-refractivity contribution in [1.29, 1.82) is 10.5 Å². The zero-order chi connectivity index (χ0) is 9.84. The van der Waals surface area contributed by atoms with Crippen LogP contribution in [-0.4, -0.2) is 12.1 Å². The van der Waals surface area contributed by atoms with E-state index < -0.39 is 0 Å². The molecule has 2 N–H and O–H groups in total. The van der Waals surface area contributed by atoms with Gasteiger partial charge in [-0.3, -0.25) is 0 Å². The van der Waals surface area contributed by atoms with Crippen LogP contribution in [-0.2, 0) is 0 Å². The lowest BCUT2D eigenvalue weighted by Crippen LogP contribution is -2.00. The summed E-state index contributed by atoms with van der Waals surface area (Å²) in [6.45, 7) is 0. The first-order valence-corrected chi connectivity index (χ1v) is 3.37. The number of methoxy groups -OCH3 is 1. The summed E-state index contributed by atoms with van der Waals surface area (Å²) in [5.41, 5.74) is 5.90. The highest BCUT2D eigenvalue weighted by Crippen LogP contribution is 2.23. The van der Waals surface area contributed by atoms with E-state index in [1.165, 1.54) is 13.3 Å². The summed E-state index contributed by atoms with van der Waals surface area (Å²) < 4.78 is 4.79. The van der Waals surface area contributed by atoms with Crippen molar-refractivity contribution in [2.75, 3.05) is 12.8 Å². The SMILES string of the molecule is COc1ncc(C#N)c(N)c1C#N. The molecule has 0 amide bonds. The van der Waals surface area contributed by atoms with Crippen molar-refractivity contribution in [3.8, 4) is 18.0 Å². The Labute approximate surface area is 75.0 Å². The van der Waals surface area contributed by atoms with Gasteiger partial charge in [0.25, 0.3) is 0 Å². The van der Waals surface area contributed by atoms with Crippen LogP contribution in [0, 0.1) is 22.7 Å². The highest BCUT2D eigenvalue weighted by molar-refractivity contribution is 5.66. The van der Waals surface area contributed by atoms with Crippen LogP contribution in [0.25, 0.3) is 0 Å². The summed E-state index contributed by atoms with van der Waals surface area (Å²) in [7, 11) is 1.38. The fourth-order valence-electron chi connectivity index (χ4n) is 0.859. The van der Waals surface area contributed by atoms with E-state index in [0.717, 1.165) is 0 Å². The number of rotatable bonds is 1. The number of hydrogen-bond donors (Lipinski definition) is 1. The second kappa shape index (κ2) is 3.42. The van der Waals surface area contributed by atoms with Gasteiger partial charge in [-0.25, -0.2) is 4.98 Å². The van der Waals surface area contributed by atoms with E-state index in [1.807, 2.05) is 12.1 Å². The van der Waals surface area contributed by atoms with Crippen LogP contribution in [0.15, 0.2) is 6.20 Å². The second-order valence-corrected chi connectivity index (χ2v) is 2.19. The van der Waals surface area contributed by atoms with Gasteiger partial charge >= 0.3 is 0 Å². The summed E-state index contributed by atoms with van der Waals surface area (Å²) >= 11 is 0. The fourth-order valence-corrected chi connectivity index (χ4v) is 0.859. The molecule has 1 rings (SSSR count). The van der Waals surface area contributed by atoms with Crippen molar-refractivity contribution < 1.29 is 4.74 Å². The largest absolute Gasteiger partial charge is 0.480 e. The van der Waals surface area contributed by atoms with Crippen LogP contribution in [0.5, 0.6) is 5.88 Å². The molecule has 0 fully saturated rings. The van der Waals surface area contributed by atoms with Gasteiger partial charge in [-0.15, -0.1) is 0 Å². The molecule has 0 bridgehead atoms. The van der Waals surface area contributed by atoms with Crippen LogP contribution in [0.3, 0.4) is 0 Å². The van der Waals surface area contributed by atoms with E-state index in [-0.39, 0.29) is 22.7 Å². The van der Waals surface area contributed by atoms with Crippen LogP contribution in [0.2, 0.25) is 0 Å². The van der Waals surface area contributed by atoms with Gasteiger partial charge in [0.05, 0.1) is 24.6 Å². The number of nitrogen functional groups attached to an aromatic ring is 1. The summed E-state index contributed by atoms with van der Waals surface area (Å²) in [6, 6.07) is 3.65. The first-order valence-electron chi connectivity index (χ1n) is 3.37. The van der Waals surface area contributed by atoms with Gasteiger partial charge in [0.1, 0.15) is 17.7 Å². The maximum Gasteiger partial charge on any atom is 0.233 e. The molecule has 64 valence electrons. The molecule has 0 aliphatic heterocycles. The van der Waals surface area contributed by atoms with Crippen molar-refractivity contribution in [3.05, 3.63) is 17.3 Å². The Bertz CT molecular complexity index is 413. The highest BCUT2D eigenvalue weighted by atomic mass is 16.5. The predicted octanol–water partition coefficient (Wildman–Crippen LogP) is 0.416. The normalized spacial score (nSPS) is 8.54. The van der Waals surface area contributed by atoms with Crippen molar-refractivity contribution in [2.24, 2.45) is 0 Å². The van der Waals surface area contributed by atoms with E-state index in [2.05, 4.69) is 4.98 Å². The van der Waals surface area contributed by atoms with Gasteiger partial charge in [-0.05, 0) is 0 Å². The molecule has 0 aromatic carbocycles. The predicted molar refractivity (Wildman–Crippen MR) is 44.6 cm³/mol. The van der Waals surface area contributed by atoms with Crippen molar-refractivity contribution in [1.82, 2.24) is 4.98 Å². The van der Waals surface area contributed by atoms with Gasteiger partial charge < -0.3 is 10.5 Å². The van der Waals surface area contributed by atoms with Gasteiger partial charge in [-0.2, -0.15) is 10.5 Å². The quantitative estimate of drug-likeness (QED) is 0.665. The molecule has 13 heavy (non-hydrogen) atoms. The zero-order valence-electron chi connectivity index (χ0n) is 6.90. The molecular weight excluding hydrogens is 168 g/mol. The maximum absolute atomic E-state index is 8.69. The second-order valence-electron chi connectivity index (χ2n) is 2.19. The van der Waals surface area contributed by atoms with Gasteiger partial charge in [0.2, 0.25) is 5.88 Å². The molecule has 0 saturated carbocycles. The molecular formula is C8H6N4O. The third-order valence-corrected chi connectivity index (χ3v) is 1.51. The van der Waals surface area contributed by atoms with Crippen LogP contribution >= 0.6 is 0 Å². The average Bonchev–Trinajstić information content (AvgIpc) is 2.17. The number of ether oxygens (including phenoxy) is 1. The topological polar surface area (TPSA) is 95.7 Å². The molecule has 0 aliphatic rings. The Hall–Kier alpha value is -2.27. The molecule has 0 aliphatic carbocycles. The molecule has 0 radical (unpaired) electrons. The molecule has 1 heterocycles. The monoisotopic (exact) mass is 174 g/mol. The molecule has 1 aromatic heterocycles. The standard InChI is InChI=1S/C8H6N4O/c1-13-8-6(3-10)7(11)5(2-9)4-12-8/h4H,1H3,(H2,11,12). The van der Waals surface area contributed by atoms with Gasteiger partial charge in [0, 0.05) is 0 Å². The van der Waals surface area contributed by atoms with Crippen molar-refractivity contribution in [2.45, 2.75) is 0 Å². The molecule has 5 heteroatoms. The number of nitrogens with zero attached hydrogens (tertiary/aromatic N) is 3. The number of anilines is 1. The lowest BCUT2D eigenvalue weighted by Gasteiger charge is -2.03. The summed E-state index contributed by atoms with van der Waals surface area (Å²) in [5, 5.41) is 17.3. The summed E-state index contributed by atoms with van der Waals surface area (Å²) in [6.07, 6.45) is 1.27. The Kier molecular flexibility index (Phi) is 2.32. The van der Waals surface area contributed by atoms with Crippen LogP contribution < -0.4 is 10.5 Å². The Morgan fingerprint density at radius 3 is 2.62 bits per heavy atom.